The molecule has 26 heavy (non-hydrogen) atoms. The molecule has 0 aromatic carbocycles. The lowest BCUT2D eigenvalue weighted by atomic mass is 9.80. The molecule has 4 atom stereocenters. The van der Waals surface area contributed by atoms with E-state index >= 15 is 0 Å². The van der Waals surface area contributed by atoms with E-state index in [1.807, 2.05) is 23.4 Å². The molecule has 5 heterocycles. The predicted molar refractivity (Wildman–Crippen MR) is 95.5 cm³/mol. The van der Waals surface area contributed by atoms with Crippen LogP contribution in [0.25, 0.3) is 0 Å². The van der Waals surface area contributed by atoms with Crippen molar-refractivity contribution in [3.63, 3.8) is 0 Å². The Labute approximate surface area is 151 Å². The standard InChI is InChI=1S/C17H23N9/c1-2-6-14-11(4-1)16-21-22-17(26(16)15-8-18-10-24(14)15)25-9-13(20-23-25)12-5-3-7-19-12/h8-12,14,16,19,21H,1-7H2. The average Bonchev–Trinajstić information content (AvgIpc) is 3.47. The summed E-state index contributed by atoms with van der Waals surface area (Å²) in [4.78, 5) is 6.68. The molecule has 0 spiro atoms. The molecule has 0 bridgehead atoms. The molecule has 4 unspecified atom stereocenters. The van der Waals surface area contributed by atoms with Crippen LogP contribution in [0.1, 0.15) is 56.3 Å². The van der Waals surface area contributed by atoms with Crippen molar-refractivity contribution < 1.29 is 0 Å². The maximum Gasteiger partial charge on any atom is 0.252 e. The maximum absolute atomic E-state index is 4.65. The van der Waals surface area contributed by atoms with E-state index in [0.717, 1.165) is 30.4 Å². The smallest absolute Gasteiger partial charge is 0.252 e. The van der Waals surface area contributed by atoms with Crippen molar-refractivity contribution in [1.29, 1.82) is 0 Å². The van der Waals surface area contributed by atoms with Gasteiger partial charge in [-0.2, -0.15) is 4.68 Å². The van der Waals surface area contributed by atoms with Gasteiger partial charge < -0.3 is 9.88 Å². The number of rotatable bonds is 1. The molecule has 136 valence electrons. The number of hydrazone groups is 1. The van der Waals surface area contributed by atoms with E-state index in [1.54, 1.807) is 0 Å². The first-order valence-electron chi connectivity index (χ1n) is 9.70. The molecule has 6 rings (SSSR count). The first kappa shape index (κ1) is 14.7. The van der Waals surface area contributed by atoms with Crippen LogP contribution in [0.5, 0.6) is 0 Å². The van der Waals surface area contributed by atoms with Gasteiger partial charge in [0.1, 0.15) is 17.7 Å². The molecule has 1 saturated carbocycles. The van der Waals surface area contributed by atoms with E-state index in [1.165, 1.54) is 32.1 Å². The highest BCUT2D eigenvalue weighted by Gasteiger charge is 2.47. The number of hydrogen-bond acceptors (Lipinski definition) is 7. The fraction of sp³-hybridized carbons (Fsp3) is 0.647. The zero-order valence-electron chi connectivity index (χ0n) is 14.6. The number of nitrogens with one attached hydrogen (secondary N) is 2. The second-order valence-corrected chi connectivity index (χ2v) is 7.77. The van der Waals surface area contributed by atoms with Gasteiger partial charge in [0.05, 0.1) is 24.8 Å². The van der Waals surface area contributed by atoms with Crippen molar-refractivity contribution in [3.05, 3.63) is 24.4 Å². The SMILES string of the molecule is c1ncn2c1N1C(n3cc(C4CCCN4)nn3)=NNC1C1CCCCC12. The molecule has 9 nitrogen and oxygen atoms in total. The molecule has 2 aromatic heterocycles. The van der Waals surface area contributed by atoms with Crippen molar-refractivity contribution in [2.75, 3.05) is 11.4 Å². The molecule has 0 amide bonds. The van der Waals surface area contributed by atoms with Gasteiger partial charge in [-0.25, -0.2) is 4.98 Å². The van der Waals surface area contributed by atoms with Crippen molar-refractivity contribution in [1.82, 2.24) is 35.3 Å². The summed E-state index contributed by atoms with van der Waals surface area (Å²) < 4.78 is 4.14. The van der Waals surface area contributed by atoms with Crippen LogP contribution in [0.15, 0.2) is 23.8 Å². The largest absolute Gasteiger partial charge is 0.314 e. The van der Waals surface area contributed by atoms with Gasteiger partial charge in [0, 0.05) is 12.0 Å². The summed E-state index contributed by atoms with van der Waals surface area (Å²) in [6.07, 6.45) is 13.4. The second kappa shape index (κ2) is 5.54. The van der Waals surface area contributed by atoms with Crippen molar-refractivity contribution in [2.45, 2.75) is 56.8 Å². The lowest BCUT2D eigenvalue weighted by Crippen LogP contribution is -2.54. The Morgan fingerprint density at radius 2 is 2.08 bits per heavy atom. The number of fused-ring (bicyclic) bond motifs is 6. The van der Waals surface area contributed by atoms with Gasteiger partial charge in [-0.3, -0.25) is 10.3 Å². The summed E-state index contributed by atoms with van der Waals surface area (Å²) in [7, 11) is 0. The van der Waals surface area contributed by atoms with E-state index in [4.69, 9.17) is 0 Å². The van der Waals surface area contributed by atoms with Crippen molar-refractivity contribution in [3.8, 4) is 0 Å². The minimum atomic E-state index is 0.178. The van der Waals surface area contributed by atoms with Gasteiger partial charge >= 0.3 is 0 Å². The van der Waals surface area contributed by atoms with Crippen LogP contribution in [0.3, 0.4) is 0 Å². The fourth-order valence-corrected chi connectivity index (χ4v) is 5.12. The number of imidazole rings is 1. The van der Waals surface area contributed by atoms with Gasteiger partial charge in [-0.05, 0) is 32.2 Å². The number of nitrogens with zero attached hydrogens (tertiary/aromatic N) is 7. The minimum Gasteiger partial charge on any atom is -0.314 e. The number of aromatic nitrogens is 5. The minimum absolute atomic E-state index is 0.178. The number of hydrogen-bond donors (Lipinski definition) is 2. The zero-order chi connectivity index (χ0) is 17.1. The zero-order valence-corrected chi connectivity index (χ0v) is 14.6. The molecule has 4 aliphatic rings. The Morgan fingerprint density at radius 3 is 3.00 bits per heavy atom. The molecular weight excluding hydrogens is 330 g/mol. The van der Waals surface area contributed by atoms with Gasteiger partial charge in [-0.15, -0.1) is 10.2 Å². The molecule has 9 heteroatoms. The lowest BCUT2D eigenvalue weighted by Gasteiger charge is -2.45. The Balaban J connectivity index is 1.37. The van der Waals surface area contributed by atoms with Gasteiger partial charge in [0.2, 0.25) is 0 Å². The molecule has 1 saturated heterocycles. The van der Waals surface area contributed by atoms with E-state index in [2.05, 4.69) is 40.6 Å². The molecule has 3 aliphatic heterocycles. The normalized spacial score (nSPS) is 32.6. The van der Waals surface area contributed by atoms with Crippen molar-refractivity contribution >= 4 is 11.8 Å². The molecule has 1 aliphatic carbocycles. The van der Waals surface area contributed by atoms with Crippen LogP contribution in [0.2, 0.25) is 0 Å². The monoisotopic (exact) mass is 353 g/mol. The first-order valence-corrected chi connectivity index (χ1v) is 9.70. The Kier molecular flexibility index (Phi) is 3.13. The fourth-order valence-electron chi connectivity index (χ4n) is 5.12. The third kappa shape index (κ3) is 2.00. The topological polar surface area (TPSA) is 88.2 Å². The summed E-state index contributed by atoms with van der Waals surface area (Å²) in [5.41, 5.74) is 4.38. The third-order valence-corrected chi connectivity index (χ3v) is 6.36. The summed E-state index contributed by atoms with van der Waals surface area (Å²) in [5, 5.41) is 16.9. The molecule has 2 N–H and O–H groups in total. The van der Waals surface area contributed by atoms with E-state index in [9.17, 15) is 0 Å². The lowest BCUT2D eigenvalue weighted by molar-refractivity contribution is 0.175. The first-order chi connectivity index (χ1) is 12.9. The van der Waals surface area contributed by atoms with E-state index in [-0.39, 0.29) is 6.17 Å². The molecule has 2 aromatic rings. The van der Waals surface area contributed by atoms with E-state index in [0.29, 0.717) is 18.0 Å². The maximum atomic E-state index is 4.65. The Morgan fingerprint density at radius 1 is 1.12 bits per heavy atom. The highest BCUT2D eigenvalue weighted by molar-refractivity contribution is 5.98. The van der Waals surface area contributed by atoms with Gasteiger partial charge in [0.15, 0.2) is 0 Å². The van der Waals surface area contributed by atoms with Crippen LogP contribution in [0.4, 0.5) is 5.82 Å². The highest BCUT2D eigenvalue weighted by atomic mass is 15.6. The second-order valence-electron chi connectivity index (χ2n) is 7.77. The van der Waals surface area contributed by atoms with Crippen LogP contribution in [0, 0.1) is 5.92 Å². The quantitative estimate of drug-likeness (QED) is 0.801. The summed E-state index contributed by atoms with van der Waals surface area (Å²) in [6.45, 7) is 1.05. The average molecular weight is 353 g/mol. The third-order valence-electron chi connectivity index (χ3n) is 6.36. The molecule has 0 radical (unpaired) electrons. The summed E-state index contributed by atoms with van der Waals surface area (Å²) >= 11 is 0. The highest BCUT2D eigenvalue weighted by Crippen LogP contribution is 2.45. The molecular formula is C17H23N9. The summed E-state index contributed by atoms with van der Waals surface area (Å²) in [5.74, 6) is 2.42. The van der Waals surface area contributed by atoms with Crippen LogP contribution >= 0.6 is 0 Å². The van der Waals surface area contributed by atoms with Crippen LogP contribution < -0.4 is 15.6 Å². The van der Waals surface area contributed by atoms with E-state index < -0.39 is 0 Å². The van der Waals surface area contributed by atoms with Gasteiger partial charge in [0.25, 0.3) is 5.96 Å². The predicted octanol–water partition coefficient (Wildman–Crippen LogP) is 1.20. The molecule has 2 fully saturated rings. The van der Waals surface area contributed by atoms with Crippen molar-refractivity contribution in [2.24, 2.45) is 11.0 Å². The Hall–Kier alpha value is -2.42. The Bertz CT molecular complexity index is 846. The number of anilines is 1. The summed E-state index contributed by atoms with van der Waals surface area (Å²) in [6, 6.07) is 0.822. The van der Waals surface area contributed by atoms with Crippen LogP contribution in [-0.4, -0.2) is 43.2 Å². The van der Waals surface area contributed by atoms with Crippen LogP contribution in [-0.2, 0) is 0 Å². The van der Waals surface area contributed by atoms with Gasteiger partial charge in [-0.1, -0.05) is 18.1 Å².